The summed E-state index contributed by atoms with van der Waals surface area (Å²) in [5, 5.41) is 0. The Balaban J connectivity index is 2.37. The Morgan fingerprint density at radius 3 is 1.92 bits per heavy atom. The van der Waals surface area contributed by atoms with E-state index < -0.39 is 11.8 Å². The summed E-state index contributed by atoms with van der Waals surface area (Å²) >= 11 is 0. The quantitative estimate of drug-likeness (QED) is 0.376. The molecule has 24 heavy (non-hydrogen) atoms. The number of carbonyl (C=O) groups excluding carboxylic acids is 3. The highest BCUT2D eigenvalue weighted by Crippen LogP contribution is 2.40. The van der Waals surface area contributed by atoms with E-state index in [0.29, 0.717) is 11.1 Å². The molecule has 1 aliphatic rings. The molecule has 1 aliphatic carbocycles. The van der Waals surface area contributed by atoms with Gasteiger partial charge in [-0.3, -0.25) is 9.59 Å². The lowest BCUT2D eigenvalue weighted by atomic mass is 9.79. The van der Waals surface area contributed by atoms with Crippen molar-refractivity contribution in [3.8, 4) is 11.1 Å². The molecule has 2 aromatic rings. The van der Waals surface area contributed by atoms with Crippen LogP contribution in [0.4, 0.5) is 0 Å². The van der Waals surface area contributed by atoms with Crippen molar-refractivity contribution in [1.82, 2.24) is 0 Å². The number of ether oxygens (including phenoxy) is 1. The van der Waals surface area contributed by atoms with E-state index in [9.17, 15) is 14.4 Å². The van der Waals surface area contributed by atoms with Gasteiger partial charge in [0, 0.05) is 11.1 Å². The zero-order chi connectivity index (χ0) is 17.3. The van der Waals surface area contributed by atoms with Crippen LogP contribution in [0.3, 0.4) is 0 Å². The van der Waals surface area contributed by atoms with Gasteiger partial charge >= 0.3 is 5.97 Å². The zero-order valence-corrected chi connectivity index (χ0v) is 13.5. The third-order valence-electron chi connectivity index (χ3n) is 3.97. The van der Waals surface area contributed by atoms with Crippen molar-refractivity contribution >= 4 is 23.1 Å². The number of rotatable bonds is 3. The molecule has 3 rings (SSSR count). The Labute approximate surface area is 139 Å². The number of Topliss-reactive ketones (excluding diaryl/α,β-unsaturated/α-hetero) is 2. The van der Waals surface area contributed by atoms with Gasteiger partial charge in [-0.05, 0) is 30.5 Å². The molecule has 0 fully saturated rings. The fraction of sp³-hybridized carbons (Fsp3) is 0.150. The van der Waals surface area contributed by atoms with Crippen LogP contribution in [0.15, 0.2) is 54.1 Å². The molecule has 0 unspecified atom stereocenters. The molecule has 2 aromatic carbocycles. The number of fused-ring (bicyclic) bond motifs is 3. The fourth-order valence-corrected chi connectivity index (χ4v) is 2.98. The second kappa shape index (κ2) is 6.24. The molecular formula is C20H16O4. The number of hydrogen-bond acceptors (Lipinski definition) is 4. The summed E-state index contributed by atoms with van der Waals surface area (Å²) < 4.78 is 5.00. The topological polar surface area (TPSA) is 60.4 Å². The Kier molecular flexibility index (Phi) is 4.13. The van der Waals surface area contributed by atoms with Gasteiger partial charge in [0.15, 0.2) is 11.6 Å². The van der Waals surface area contributed by atoms with Gasteiger partial charge in [0.1, 0.15) is 5.57 Å². The molecule has 0 atom stereocenters. The minimum atomic E-state index is -0.762. The number of benzene rings is 2. The van der Waals surface area contributed by atoms with E-state index in [1.807, 2.05) is 24.3 Å². The molecule has 0 aromatic heterocycles. The first kappa shape index (κ1) is 15.9. The third kappa shape index (κ3) is 2.46. The van der Waals surface area contributed by atoms with E-state index in [1.54, 1.807) is 31.2 Å². The number of esters is 1. The largest absolute Gasteiger partial charge is 0.462 e. The van der Waals surface area contributed by atoms with Crippen LogP contribution >= 0.6 is 0 Å². The molecular weight excluding hydrogens is 304 g/mol. The minimum Gasteiger partial charge on any atom is -0.462 e. The van der Waals surface area contributed by atoms with Gasteiger partial charge in [0.05, 0.1) is 6.61 Å². The molecule has 0 radical (unpaired) electrons. The summed E-state index contributed by atoms with van der Waals surface area (Å²) in [6, 6.07) is 14.5. The van der Waals surface area contributed by atoms with Gasteiger partial charge in [-0.25, -0.2) is 4.79 Å². The van der Waals surface area contributed by atoms with Gasteiger partial charge in [0.25, 0.3) is 0 Å². The van der Waals surface area contributed by atoms with Crippen LogP contribution in [0.1, 0.15) is 29.8 Å². The van der Waals surface area contributed by atoms with Crippen molar-refractivity contribution < 1.29 is 19.1 Å². The minimum absolute atomic E-state index is 0.121. The SMILES string of the molecule is CCOC(=O)/C(C(C)=O)=C1\C(=O)c2ccccc2-c2ccccc21. The molecule has 4 heteroatoms. The van der Waals surface area contributed by atoms with E-state index in [-0.39, 0.29) is 23.5 Å². The maximum atomic E-state index is 13.0. The van der Waals surface area contributed by atoms with Crippen LogP contribution in [-0.2, 0) is 14.3 Å². The molecule has 120 valence electrons. The predicted octanol–water partition coefficient (Wildman–Crippen LogP) is 3.46. The fourth-order valence-electron chi connectivity index (χ4n) is 2.98. The Morgan fingerprint density at radius 2 is 1.38 bits per heavy atom. The summed E-state index contributed by atoms with van der Waals surface area (Å²) in [6.07, 6.45) is 0. The summed E-state index contributed by atoms with van der Waals surface area (Å²) in [4.78, 5) is 37.4. The third-order valence-corrected chi connectivity index (χ3v) is 3.97. The second-order valence-corrected chi connectivity index (χ2v) is 5.45. The number of allylic oxidation sites excluding steroid dienone is 1. The summed E-state index contributed by atoms with van der Waals surface area (Å²) in [6.45, 7) is 3.07. The van der Waals surface area contributed by atoms with Crippen LogP contribution in [0, 0.1) is 0 Å². The van der Waals surface area contributed by atoms with Gasteiger partial charge in [-0.1, -0.05) is 48.5 Å². The van der Waals surface area contributed by atoms with Crippen molar-refractivity contribution in [2.45, 2.75) is 13.8 Å². The predicted molar refractivity (Wildman–Crippen MR) is 90.4 cm³/mol. The van der Waals surface area contributed by atoms with E-state index in [1.165, 1.54) is 6.92 Å². The molecule has 0 spiro atoms. The molecule has 4 nitrogen and oxygen atoms in total. The van der Waals surface area contributed by atoms with Crippen molar-refractivity contribution in [3.63, 3.8) is 0 Å². The van der Waals surface area contributed by atoms with Crippen LogP contribution < -0.4 is 0 Å². The van der Waals surface area contributed by atoms with Gasteiger partial charge < -0.3 is 4.74 Å². The first-order valence-corrected chi connectivity index (χ1v) is 7.72. The lowest BCUT2D eigenvalue weighted by molar-refractivity contribution is -0.139. The van der Waals surface area contributed by atoms with Crippen molar-refractivity contribution in [2.75, 3.05) is 6.61 Å². The summed E-state index contributed by atoms with van der Waals surface area (Å²) in [5.41, 5.74) is 2.62. The number of hydrogen-bond donors (Lipinski definition) is 0. The Bertz CT molecular complexity index is 890. The molecule has 0 aliphatic heterocycles. The van der Waals surface area contributed by atoms with E-state index in [2.05, 4.69) is 0 Å². The normalized spacial score (nSPS) is 14.5. The summed E-state index contributed by atoms with van der Waals surface area (Å²) in [7, 11) is 0. The van der Waals surface area contributed by atoms with Crippen molar-refractivity contribution in [3.05, 3.63) is 65.2 Å². The molecule has 0 heterocycles. The number of ketones is 2. The Hall–Kier alpha value is -3.01. The maximum Gasteiger partial charge on any atom is 0.342 e. The van der Waals surface area contributed by atoms with E-state index in [4.69, 9.17) is 4.74 Å². The van der Waals surface area contributed by atoms with Gasteiger partial charge in [-0.15, -0.1) is 0 Å². The lowest BCUT2D eigenvalue weighted by Crippen LogP contribution is -2.22. The summed E-state index contributed by atoms with van der Waals surface area (Å²) in [5.74, 6) is -1.57. The molecule has 0 bridgehead atoms. The van der Waals surface area contributed by atoms with E-state index in [0.717, 1.165) is 11.1 Å². The monoisotopic (exact) mass is 320 g/mol. The molecule has 0 N–H and O–H groups in total. The second-order valence-electron chi connectivity index (χ2n) is 5.45. The van der Waals surface area contributed by atoms with Crippen molar-refractivity contribution in [1.29, 1.82) is 0 Å². The maximum absolute atomic E-state index is 13.0. The molecule has 0 saturated carbocycles. The first-order chi connectivity index (χ1) is 11.6. The highest BCUT2D eigenvalue weighted by molar-refractivity contribution is 6.42. The molecule has 0 saturated heterocycles. The van der Waals surface area contributed by atoms with Gasteiger partial charge in [-0.2, -0.15) is 0 Å². The first-order valence-electron chi connectivity index (χ1n) is 7.72. The van der Waals surface area contributed by atoms with Crippen LogP contribution in [0.2, 0.25) is 0 Å². The highest BCUT2D eigenvalue weighted by atomic mass is 16.5. The van der Waals surface area contributed by atoms with Gasteiger partial charge in [0.2, 0.25) is 0 Å². The zero-order valence-electron chi connectivity index (χ0n) is 13.5. The van der Waals surface area contributed by atoms with Crippen molar-refractivity contribution in [2.24, 2.45) is 0 Å². The standard InChI is InChI=1S/C20H16O4/c1-3-24-20(23)17(12(2)21)18-15-10-6-4-8-13(15)14-9-5-7-11-16(14)19(18)22/h4-11H,3H2,1-2H3/b18-17-. The Morgan fingerprint density at radius 1 is 0.875 bits per heavy atom. The molecule has 0 amide bonds. The smallest absolute Gasteiger partial charge is 0.342 e. The van der Waals surface area contributed by atoms with Crippen LogP contribution in [0.5, 0.6) is 0 Å². The van der Waals surface area contributed by atoms with E-state index >= 15 is 0 Å². The van der Waals surface area contributed by atoms with Crippen LogP contribution in [-0.4, -0.2) is 24.1 Å². The highest BCUT2D eigenvalue weighted by Gasteiger charge is 2.33. The number of carbonyl (C=O) groups is 3. The average Bonchev–Trinajstić information content (AvgIpc) is 2.58. The lowest BCUT2D eigenvalue weighted by Gasteiger charge is -2.22. The van der Waals surface area contributed by atoms with Crippen LogP contribution in [0.25, 0.3) is 16.7 Å². The average molecular weight is 320 g/mol.